The van der Waals surface area contributed by atoms with E-state index in [-0.39, 0.29) is 5.91 Å². The van der Waals surface area contributed by atoms with Gasteiger partial charge in [0.05, 0.1) is 12.1 Å². The third kappa shape index (κ3) is 3.83. The van der Waals surface area contributed by atoms with Gasteiger partial charge in [-0.15, -0.1) is 0 Å². The number of amides is 1. The number of nitrogens with zero attached hydrogens (tertiary/aromatic N) is 1. The second-order valence-corrected chi connectivity index (χ2v) is 7.49. The van der Waals surface area contributed by atoms with Crippen LogP contribution in [0.1, 0.15) is 22.8 Å². The van der Waals surface area contributed by atoms with Crippen LogP contribution in [0.25, 0.3) is 11.3 Å². The van der Waals surface area contributed by atoms with E-state index in [1.54, 1.807) is 18.2 Å². The number of halogens is 1. The molecule has 152 valence electrons. The van der Waals surface area contributed by atoms with Gasteiger partial charge in [0.25, 0.3) is 5.91 Å². The van der Waals surface area contributed by atoms with Gasteiger partial charge in [0, 0.05) is 21.7 Å². The largest absolute Gasteiger partial charge is 0.457 e. The third-order valence-corrected chi connectivity index (χ3v) is 5.32. The van der Waals surface area contributed by atoms with E-state index in [1.165, 1.54) is 6.21 Å². The fraction of sp³-hybridized carbons (Fsp3) is 0.0400. The molecule has 1 amide bonds. The van der Waals surface area contributed by atoms with Crippen molar-refractivity contribution in [1.29, 1.82) is 0 Å². The molecule has 3 aromatic carbocycles. The first kappa shape index (κ1) is 19.2. The SMILES string of the molecule is O=C(N/N=C/c1ccc(-c2ccc(Cl)cc2)o1)C1c2ccccc2Oc2ccccc21. The zero-order valence-corrected chi connectivity index (χ0v) is 17.0. The Hall–Kier alpha value is -3.83. The molecule has 0 fully saturated rings. The summed E-state index contributed by atoms with van der Waals surface area (Å²) >= 11 is 5.93. The number of hydrogen-bond acceptors (Lipinski definition) is 4. The lowest BCUT2D eigenvalue weighted by atomic mass is 9.87. The molecule has 5 nitrogen and oxygen atoms in total. The normalized spacial score (nSPS) is 12.8. The van der Waals surface area contributed by atoms with Crippen LogP contribution in [0.15, 0.2) is 94.4 Å². The zero-order valence-electron chi connectivity index (χ0n) is 16.3. The Kier molecular flexibility index (Phi) is 5.02. The first-order valence-corrected chi connectivity index (χ1v) is 10.1. The van der Waals surface area contributed by atoms with Crippen LogP contribution in [0.3, 0.4) is 0 Å². The van der Waals surface area contributed by atoms with Gasteiger partial charge in [-0.05, 0) is 48.5 Å². The maximum atomic E-state index is 13.0. The van der Waals surface area contributed by atoms with Gasteiger partial charge < -0.3 is 9.15 Å². The molecule has 6 heteroatoms. The number of hydrogen-bond donors (Lipinski definition) is 1. The summed E-state index contributed by atoms with van der Waals surface area (Å²) in [5, 5.41) is 4.77. The topological polar surface area (TPSA) is 63.8 Å². The molecule has 4 aromatic rings. The van der Waals surface area contributed by atoms with Gasteiger partial charge in [0.2, 0.25) is 0 Å². The number of ether oxygens (including phenoxy) is 1. The lowest BCUT2D eigenvalue weighted by Crippen LogP contribution is -2.28. The lowest BCUT2D eigenvalue weighted by Gasteiger charge is -2.26. The van der Waals surface area contributed by atoms with Crippen molar-refractivity contribution in [2.45, 2.75) is 5.92 Å². The smallest absolute Gasteiger partial charge is 0.252 e. The highest BCUT2D eigenvalue weighted by molar-refractivity contribution is 6.30. The fourth-order valence-electron chi connectivity index (χ4n) is 3.61. The number of rotatable bonds is 4. The van der Waals surface area contributed by atoms with Crippen LogP contribution >= 0.6 is 11.6 Å². The summed E-state index contributed by atoms with van der Waals surface area (Å²) in [6, 6.07) is 26.0. The average Bonchev–Trinajstić information content (AvgIpc) is 3.26. The second-order valence-electron chi connectivity index (χ2n) is 7.05. The van der Waals surface area contributed by atoms with Gasteiger partial charge in [-0.2, -0.15) is 5.10 Å². The van der Waals surface area contributed by atoms with Crippen molar-refractivity contribution in [3.05, 3.63) is 107 Å². The summed E-state index contributed by atoms with van der Waals surface area (Å²) in [5.41, 5.74) is 5.15. The minimum atomic E-state index is -0.514. The number of nitrogens with one attached hydrogen (secondary N) is 1. The van der Waals surface area contributed by atoms with Crippen molar-refractivity contribution in [2.24, 2.45) is 5.10 Å². The predicted molar refractivity (Wildman–Crippen MR) is 120 cm³/mol. The van der Waals surface area contributed by atoms with Crippen LogP contribution in [0.2, 0.25) is 5.02 Å². The Balaban J connectivity index is 1.35. The summed E-state index contributed by atoms with van der Waals surface area (Å²) in [5.74, 6) is 1.80. The Morgan fingerprint density at radius 2 is 1.52 bits per heavy atom. The van der Waals surface area contributed by atoms with Gasteiger partial charge in [-0.25, -0.2) is 5.43 Å². The summed E-state index contributed by atoms with van der Waals surface area (Å²) < 4.78 is 11.7. The maximum Gasteiger partial charge on any atom is 0.252 e. The molecule has 0 aliphatic carbocycles. The molecule has 1 aromatic heterocycles. The molecular weight excluding hydrogens is 412 g/mol. The van der Waals surface area contributed by atoms with Crippen molar-refractivity contribution >= 4 is 23.7 Å². The predicted octanol–water partition coefficient (Wildman–Crippen LogP) is 5.99. The summed E-state index contributed by atoms with van der Waals surface area (Å²) in [4.78, 5) is 13.0. The van der Waals surface area contributed by atoms with Crippen LogP contribution in [-0.2, 0) is 4.79 Å². The Morgan fingerprint density at radius 1 is 0.871 bits per heavy atom. The van der Waals surface area contributed by atoms with Crippen molar-refractivity contribution in [3.63, 3.8) is 0 Å². The number of carbonyl (C=O) groups is 1. The van der Waals surface area contributed by atoms with E-state index in [9.17, 15) is 4.79 Å². The maximum absolute atomic E-state index is 13.0. The molecule has 0 saturated carbocycles. The standard InChI is InChI=1S/C25H17ClN2O3/c26-17-11-9-16(10-12-17)21-14-13-18(30-21)15-27-28-25(29)24-19-5-1-3-7-22(19)31-23-8-4-2-6-20(23)24/h1-15,24H,(H,28,29)/b27-15+. The Labute approximate surface area is 183 Å². The van der Waals surface area contributed by atoms with Crippen LogP contribution in [0.4, 0.5) is 0 Å². The van der Waals surface area contributed by atoms with Gasteiger partial charge in [-0.1, -0.05) is 48.0 Å². The highest BCUT2D eigenvalue weighted by Gasteiger charge is 2.32. The highest BCUT2D eigenvalue weighted by atomic mass is 35.5. The molecule has 1 aliphatic rings. The van der Waals surface area contributed by atoms with Crippen molar-refractivity contribution in [1.82, 2.24) is 5.43 Å². The molecule has 0 bridgehead atoms. The van der Waals surface area contributed by atoms with Crippen molar-refractivity contribution in [3.8, 4) is 22.8 Å². The number of carbonyl (C=O) groups excluding carboxylic acids is 1. The van der Waals surface area contributed by atoms with E-state index in [0.29, 0.717) is 28.0 Å². The molecule has 0 spiro atoms. The van der Waals surface area contributed by atoms with Crippen LogP contribution < -0.4 is 10.2 Å². The molecule has 0 unspecified atom stereocenters. The van der Waals surface area contributed by atoms with Gasteiger partial charge >= 0.3 is 0 Å². The number of benzene rings is 3. The molecule has 31 heavy (non-hydrogen) atoms. The van der Waals surface area contributed by atoms with Gasteiger partial charge in [0.1, 0.15) is 23.0 Å². The number of para-hydroxylation sites is 2. The van der Waals surface area contributed by atoms with Gasteiger partial charge in [0.15, 0.2) is 0 Å². The average molecular weight is 429 g/mol. The lowest BCUT2D eigenvalue weighted by molar-refractivity contribution is -0.121. The minimum Gasteiger partial charge on any atom is -0.457 e. The van der Waals surface area contributed by atoms with E-state index in [2.05, 4.69) is 10.5 Å². The molecule has 0 saturated heterocycles. The fourth-order valence-corrected chi connectivity index (χ4v) is 3.73. The third-order valence-electron chi connectivity index (χ3n) is 5.06. The molecule has 1 aliphatic heterocycles. The molecule has 0 radical (unpaired) electrons. The molecule has 0 atom stereocenters. The van der Waals surface area contributed by atoms with Gasteiger partial charge in [-0.3, -0.25) is 4.79 Å². The Morgan fingerprint density at radius 3 is 2.19 bits per heavy atom. The molecule has 5 rings (SSSR count). The van der Waals surface area contributed by atoms with Crippen LogP contribution in [-0.4, -0.2) is 12.1 Å². The van der Waals surface area contributed by atoms with Crippen molar-refractivity contribution < 1.29 is 13.9 Å². The molecule has 1 N–H and O–H groups in total. The quantitative estimate of drug-likeness (QED) is 0.321. The highest BCUT2D eigenvalue weighted by Crippen LogP contribution is 2.43. The van der Waals surface area contributed by atoms with E-state index in [4.69, 9.17) is 20.8 Å². The minimum absolute atomic E-state index is 0.246. The molecule has 2 heterocycles. The summed E-state index contributed by atoms with van der Waals surface area (Å²) in [6.07, 6.45) is 1.48. The summed E-state index contributed by atoms with van der Waals surface area (Å²) in [7, 11) is 0. The van der Waals surface area contributed by atoms with Crippen molar-refractivity contribution in [2.75, 3.05) is 0 Å². The van der Waals surface area contributed by atoms with E-state index in [0.717, 1.165) is 16.7 Å². The van der Waals surface area contributed by atoms with E-state index in [1.807, 2.05) is 66.7 Å². The Bertz CT molecular complexity index is 1230. The first-order valence-electron chi connectivity index (χ1n) is 9.73. The van der Waals surface area contributed by atoms with E-state index < -0.39 is 5.92 Å². The van der Waals surface area contributed by atoms with Crippen LogP contribution in [0.5, 0.6) is 11.5 Å². The number of fused-ring (bicyclic) bond motifs is 2. The molecular formula is C25H17ClN2O3. The second kappa shape index (κ2) is 8.13. The van der Waals surface area contributed by atoms with Crippen LogP contribution in [0, 0.1) is 0 Å². The van der Waals surface area contributed by atoms with E-state index >= 15 is 0 Å². The monoisotopic (exact) mass is 428 g/mol. The number of furan rings is 1. The summed E-state index contributed by atoms with van der Waals surface area (Å²) in [6.45, 7) is 0. The number of hydrazone groups is 1. The zero-order chi connectivity index (χ0) is 21.2. The first-order chi connectivity index (χ1) is 15.2.